The lowest BCUT2D eigenvalue weighted by Crippen LogP contribution is -2.28. The first-order valence-corrected chi connectivity index (χ1v) is 7.35. The summed E-state index contributed by atoms with van der Waals surface area (Å²) < 4.78 is 24.9. The predicted octanol–water partition coefficient (Wildman–Crippen LogP) is 2.86. The van der Waals surface area contributed by atoms with E-state index in [1.165, 1.54) is 18.2 Å². The van der Waals surface area contributed by atoms with Crippen molar-refractivity contribution in [1.29, 1.82) is 0 Å². The van der Waals surface area contributed by atoms with E-state index in [0.29, 0.717) is 17.9 Å². The van der Waals surface area contributed by atoms with E-state index in [1.54, 1.807) is 24.7 Å². The summed E-state index contributed by atoms with van der Waals surface area (Å²) in [5.74, 6) is 0.0872. The number of carbonyl (C=O) groups is 1. The summed E-state index contributed by atoms with van der Waals surface area (Å²) in [6, 6.07) is 7.20. The molecule has 7 nitrogen and oxygen atoms in total. The van der Waals surface area contributed by atoms with Gasteiger partial charge in [-0.15, -0.1) is 0 Å². The summed E-state index contributed by atoms with van der Waals surface area (Å²) in [5.41, 5.74) is 0.638. The van der Waals surface area contributed by atoms with Crippen LogP contribution in [0.15, 0.2) is 53.6 Å². The second-order valence-electron chi connectivity index (χ2n) is 5.01. The smallest absolute Gasteiger partial charge is 0.388 e. The number of ether oxygens (including phenoxy) is 1. The van der Waals surface area contributed by atoms with Crippen LogP contribution in [0.5, 0.6) is 5.88 Å². The standard InChI is InChI=1S/C16H15FN4O3/c17-13-4-2-12(3-5-13)14-10-15(20-24-14)23-16(22)19-6-1-8-21-9-7-18-11-21/h2-5,7,9-11H,1,6,8H2,(H,19,22). The molecule has 2 heterocycles. The van der Waals surface area contributed by atoms with Crippen LogP contribution in [0.1, 0.15) is 6.42 Å². The van der Waals surface area contributed by atoms with E-state index >= 15 is 0 Å². The average molecular weight is 330 g/mol. The fourth-order valence-corrected chi connectivity index (χ4v) is 2.06. The van der Waals surface area contributed by atoms with Gasteiger partial charge in [0.25, 0.3) is 5.88 Å². The van der Waals surface area contributed by atoms with Gasteiger partial charge >= 0.3 is 6.09 Å². The van der Waals surface area contributed by atoms with E-state index in [2.05, 4.69) is 15.5 Å². The Morgan fingerprint density at radius 2 is 2.17 bits per heavy atom. The summed E-state index contributed by atoms with van der Waals surface area (Å²) in [4.78, 5) is 15.6. The molecule has 24 heavy (non-hydrogen) atoms. The maximum atomic E-state index is 12.9. The van der Waals surface area contributed by atoms with Gasteiger partial charge in [0, 0.05) is 31.0 Å². The molecular weight excluding hydrogens is 315 g/mol. The lowest BCUT2D eigenvalue weighted by molar-refractivity contribution is 0.195. The zero-order valence-corrected chi connectivity index (χ0v) is 12.7. The molecule has 0 bridgehead atoms. The molecule has 0 saturated heterocycles. The largest absolute Gasteiger partial charge is 0.414 e. The maximum absolute atomic E-state index is 12.9. The summed E-state index contributed by atoms with van der Waals surface area (Å²) >= 11 is 0. The molecule has 0 unspecified atom stereocenters. The molecule has 1 N–H and O–H groups in total. The zero-order valence-electron chi connectivity index (χ0n) is 12.7. The highest BCUT2D eigenvalue weighted by atomic mass is 19.1. The topological polar surface area (TPSA) is 82.2 Å². The Hall–Kier alpha value is -3.16. The lowest BCUT2D eigenvalue weighted by Gasteiger charge is -2.04. The van der Waals surface area contributed by atoms with Crippen LogP contribution in [0.3, 0.4) is 0 Å². The number of nitrogens with zero attached hydrogens (tertiary/aromatic N) is 3. The van der Waals surface area contributed by atoms with E-state index in [9.17, 15) is 9.18 Å². The number of aryl methyl sites for hydroxylation is 1. The molecule has 124 valence electrons. The van der Waals surface area contributed by atoms with Crippen LogP contribution < -0.4 is 10.1 Å². The number of nitrogens with one attached hydrogen (secondary N) is 1. The highest BCUT2D eigenvalue weighted by Crippen LogP contribution is 2.23. The van der Waals surface area contributed by atoms with Crippen molar-refractivity contribution in [2.45, 2.75) is 13.0 Å². The Labute approximate surface area is 137 Å². The van der Waals surface area contributed by atoms with Crippen molar-refractivity contribution < 1.29 is 18.4 Å². The number of rotatable bonds is 6. The molecule has 0 aliphatic carbocycles. The fourth-order valence-electron chi connectivity index (χ4n) is 2.06. The van der Waals surface area contributed by atoms with Crippen molar-refractivity contribution in [3.63, 3.8) is 0 Å². The van der Waals surface area contributed by atoms with Crippen LogP contribution in [0.25, 0.3) is 11.3 Å². The van der Waals surface area contributed by atoms with Crippen LogP contribution in [-0.4, -0.2) is 27.3 Å². The van der Waals surface area contributed by atoms with Gasteiger partial charge < -0.3 is 19.1 Å². The zero-order chi connectivity index (χ0) is 16.8. The van der Waals surface area contributed by atoms with Gasteiger partial charge in [-0.3, -0.25) is 0 Å². The number of amides is 1. The monoisotopic (exact) mass is 330 g/mol. The van der Waals surface area contributed by atoms with Gasteiger partial charge in [-0.2, -0.15) is 0 Å². The first-order valence-electron chi connectivity index (χ1n) is 7.35. The number of imidazole rings is 1. The second-order valence-corrected chi connectivity index (χ2v) is 5.01. The van der Waals surface area contributed by atoms with Crippen LogP contribution in [0, 0.1) is 5.82 Å². The van der Waals surface area contributed by atoms with Crippen molar-refractivity contribution in [2.24, 2.45) is 0 Å². The first kappa shape index (κ1) is 15.7. The third kappa shape index (κ3) is 4.19. The number of benzene rings is 1. The number of hydrogen-bond donors (Lipinski definition) is 1. The third-order valence-corrected chi connectivity index (χ3v) is 3.24. The van der Waals surface area contributed by atoms with Gasteiger partial charge in [0.1, 0.15) is 5.82 Å². The summed E-state index contributed by atoms with van der Waals surface area (Å²) in [5, 5.41) is 6.28. The molecule has 0 saturated carbocycles. The van der Waals surface area contributed by atoms with Gasteiger partial charge in [-0.25, -0.2) is 14.2 Å². The minimum Gasteiger partial charge on any atom is -0.388 e. The molecule has 0 aliphatic heterocycles. The molecule has 0 aliphatic rings. The molecule has 0 atom stereocenters. The Kier molecular flexibility index (Phi) is 4.85. The first-order chi connectivity index (χ1) is 11.7. The Morgan fingerprint density at radius 1 is 1.33 bits per heavy atom. The number of carbonyl (C=O) groups excluding carboxylic acids is 1. The highest BCUT2D eigenvalue weighted by Gasteiger charge is 2.11. The lowest BCUT2D eigenvalue weighted by atomic mass is 10.2. The molecule has 0 fully saturated rings. The normalized spacial score (nSPS) is 10.5. The highest BCUT2D eigenvalue weighted by molar-refractivity contribution is 5.70. The van der Waals surface area contributed by atoms with Crippen LogP contribution in [-0.2, 0) is 6.54 Å². The van der Waals surface area contributed by atoms with E-state index in [-0.39, 0.29) is 11.7 Å². The fraction of sp³-hybridized carbons (Fsp3) is 0.188. The van der Waals surface area contributed by atoms with E-state index < -0.39 is 6.09 Å². The van der Waals surface area contributed by atoms with E-state index in [0.717, 1.165) is 13.0 Å². The summed E-state index contributed by atoms with van der Waals surface area (Å²) in [6.45, 7) is 1.21. The van der Waals surface area contributed by atoms with Crippen molar-refractivity contribution in [1.82, 2.24) is 20.0 Å². The molecular formula is C16H15FN4O3. The SMILES string of the molecule is O=C(NCCCn1ccnc1)Oc1cc(-c2ccc(F)cc2)on1. The maximum Gasteiger partial charge on any atom is 0.414 e. The second kappa shape index (κ2) is 7.40. The molecule has 3 rings (SSSR count). The third-order valence-electron chi connectivity index (χ3n) is 3.24. The van der Waals surface area contributed by atoms with Gasteiger partial charge in [0.2, 0.25) is 0 Å². The predicted molar refractivity (Wildman–Crippen MR) is 82.8 cm³/mol. The molecule has 1 amide bonds. The Bertz CT molecular complexity index is 784. The number of aromatic nitrogens is 3. The molecule has 2 aromatic heterocycles. The Balaban J connectivity index is 1.45. The minimum atomic E-state index is -0.611. The van der Waals surface area contributed by atoms with Crippen LogP contribution in [0.4, 0.5) is 9.18 Å². The minimum absolute atomic E-state index is 0.0430. The van der Waals surface area contributed by atoms with Gasteiger partial charge in [-0.05, 0) is 35.8 Å². The van der Waals surface area contributed by atoms with Crippen molar-refractivity contribution >= 4 is 6.09 Å². The van der Waals surface area contributed by atoms with Gasteiger partial charge in [-0.1, -0.05) is 0 Å². The number of halogens is 1. The van der Waals surface area contributed by atoms with E-state index in [1.807, 2.05) is 10.8 Å². The average Bonchev–Trinajstić information content (AvgIpc) is 3.24. The molecule has 8 heteroatoms. The van der Waals surface area contributed by atoms with Crippen LogP contribution in [0.2, 0.25) is 0 Å². The van der Waals surface area contributed by atoms with Gasteiger partial charge in [0.15, 0.2) is 5.76 Å². The van der Waals surface area contributed by atoms with Crippen molar-refractivity contribution in [3.8, 4) is 17.2 Å². The molecule has 0 spiro atoms. The summed E-state index contributed by atoms with van der Waals surface area (Å²) in [6.07, 6.45) is 5.39. The number of hydrogen-bond acceptors (Lipinski definition) is 5. The van der Waals surface area contributed by atoms with Crippen molar-refractivity contribution in [3.05, 3.63) is 54.9 Å². The van der Waals surface area contributed by atoms with E-state index in [4.69, 9.17) is 9.26 Å². The molecule has 1 aromatic carbocycles. The van der Waals surface area contributed by atoms with Crippen LogP contribution >= 0.6 is 0 Å². The molecule has 0 radical (unpaired) electrons. The molecule has 3 aromatic rings. The quantitative estimate of drug-likeness (QED) is 0.703. The Morgan fingerprint density at radius 3 is 2.92 bits per heavy atom. The van der Waals surface area contributed by atoms with Crippen molar-refractivity contribution in [2.75, 3.05) is 6.54 Å². The van der Waals surface area contributed by atoms with Gasteiger partial charge in [0.05, 0.1) is 12.4 Å². The summed E-state index contributed by atoms with van der Waals surface area (Å²) in [7, 11) is 0.